The molecule has 0 aliphatic heterocycles. The first-order chi connectivity index (χ1) is 9.49. The lowest BCUT2D eigenvalue weighted by Gasteiger charge is -2.12. The van der Waals surface area contributed by atoms with Crippen molar-refractivity contribution < 1.29 is 9.50 Å². The summed E-state index contributed by atoms with van der Waals surface area (Å²) in [4.78, 5) is 8.02. The third-order valence-corrected chi connectivity index (χ3v) is 3.22. The van der Waals surface area contributed by atoms with Gasteiger partial charge in [0.1, 0.15) is 0 Å². The third kappa shape index (κ3) is 3.23. The number of hydrogen-bond donors (Lipinski definition) is 2. The lowest BCUT2D eigenvalue weighted by Crippen LogP contribution is -2.07. The quantitative estimate of drug-likeness (QED) is 0.909. The summed E-state index contributed by atoms with van der Waals surface area (Å²) < 4.78 is 13.5. The molecule has 0 bridgehead atoms. The highest BCUT2D eigenvalue weighted by atomic mass is 35.5. The molecule has 0 saturated carbocycles. The van der Waals surface area contributed by atoms with Crippen LogP contribution in [0.3, 0.4) is 0 Å². The van der Waals surface area contributed by atoms with E-state index < -0.39 is 11.9 Å². The van der Waals surface area contributed by atoms with E-state index in [1.807, 2.05) is 13.0 Å². The van der Waals surface area contributed by atoms with E-state index in [4.69, 9.17) is 11.6 Å². The van der Waals surface area contributed by atoms with E-state index in [2.05, 4.69) is 15.3 Å². The maximum atomic E-state index is 13.5. The van der Waals surface area contributed by atoms with Crippen molar-refractivity contribution >= 4 is 17.3 Å². The highest BCUT2D eigenvalue weighted by molar-refractivity contribution is 6.33. The second-order valence-corrected chi connectivity index (χ2v) is 4.89. The molecule has 2 N–H and O–H groups in total. The number of halogens is 2. The Hall–Kier alpha value is -1.72. The van der Waals surface area contributed by atoms with Gasteiger partial charge in [-0.25, -0.2) is 4.39 Å². The van der Waals surface area contributed by atoms with Gasteiger partial charge in [-0.2, -0.15) is 0 Å². The number of nitrogens with zero attached hydrogens (tertiary/aromatic N) is 2. The number of hydrogen-bond acceptors (Lipinski definition) is 4. The Morgan fingerprint density at radius 2 is 2.15 bits per heavy atom. The van der Waals surface area contributed by atoms with Gasteiger partial charge in [-0.1, -0.05) is 17.7 Å². The van der Waals surface area contributed by atoms with Gasteiger partial charge in [0.25, 0.3) is 0 Å². The Morgan fingerprint density at radius 3 is 2.75 bits per heavy atom. The molecule has 0 fully saturated rings. The largest absolute Gasteiger partial charge is 0.389 e. The van der Waals surface area contributed by atoms with Gasteiger partial charge in [0.2, 0.25) is 0 Å². The minimum Gasteiger partial charge on any atom is -0.389 e. The molecule has 0 amide bonds. The number of anilines is 1. The van der Waals surface area contributed by atoms with Crippen LogP contribution in [0, 0.1) is 12.7 Å². The summed E-state index contributed by atoms with van der Waals surface area (Å²) in [7, 11) is 0. The molecule has 0 aliphatic rings. The van der Waals surface area contributed by atoms with Crippen molar-refractivity contribution in [3.63, 3.8) is 0 Å². The number of rotatable bonds is 4. The Morgan fingerprint density at radius 1 is 1.40 bits per heavy atom. The lowest BCUT2D eigenvalue weighted by molar-refractivity contribution is 0.198. The molecule has 0 aliphatic carbocycles. The van der Waals surface area contributed by atoms with Gasteiger partial charge in [0, 0.05) is 17.5 Å². The fourth-order valence-electron chi connectivity index (χ4n) is 1.92. The number of aliphatic hydroxyl groups excluding tert-OH is 1. The van der Waals surface area contributed by atoms with Gasteiger partial charge in [-0.15, -0.1) is 0 Å². The predicted molar refractivity (Wildman–Crippen MR) is 76.1 cm³/mol. The molecule has 2 aromatic rings. The zero-order valence-electron chi connectivity index (χ0n) is 11.2. The van der Waals surface area contributed by atoms with Crippen LogP contribution >= 0.6 is 11.6 Å². The standard InChI is InChI=1S/C14H15ClFN3O/c1-8-11(9(2)20)4-3-10(19-8)5-18-14-12(15)6-17-7-13(14)16/h3-4,6-7,9,20H,5H2,1-2H3,(H,17,18). The van der Waals surface area contributed by atoms with Crippen molar-refractivity contribution in [3.8, 4) is 0 Å². The Labute approximate surface area is 121 Å². The minimum absolute atomic E-state index is 0.209. The maximum absolute atomic E-state index is 13.5. The molecule has 0 spiro atoms. The zero-order valence-corrected chi connectivity index (χ0v) is 11.9. The summed E-state index contributed by atoms with van der Waals surface area (Å²) in [6.45, 7) is 3.85. The second-order valence-electron chi connectivity index (χ2n) is 4.48. The van der Waals surface area contributed by atoms with Crippen LogP contribution in [0.15, 0.2) is 24.5 Å². The number of aliphatic hydroxyl groups is 1. The molecule has 0 aromatic carbocycles. The Bertz CT molecular complexity index is 599. The van der Waals surface area contributed by atoms with E-state index in [0.717, 1.165) is 23.1 Å². The molecule has 1 atom stereocenters. The van der Waals surface area contributed by atoms with Crippen LogP contribution in [0.5, 0.6) is 0 Å². The lowest BCUT2D eigenvalue weighted by atomic mass is 10.1. The minimum atomic E-state index is -0.559. The van der Waals surface area contributed by atoms with Crippen LogP contribution in [0.1, 0.15) is 30.0 Å². The molecule has 0 radical (unpaired) electrons. The van der Waals surface area contributed by atoms with E-state index in [-0.39, 0.29) is 10.7 Å². The smallest absolute Gasteiger partial charge is 0.166 e. The van der Waals surface area contributed by atoms with Gasteiger partial charge in [0.15, 0.2) is 5.82 Å². The van der Waals surface area contributed by atoms with Crippen molar-refractivity contribution in [2.45, 2.75) is 26.5 Å². The van der Waals surface area contributed by atoms with Gasteiger partial charge in [0.05, 0.1) is 35.2 Å². The fraction of sp³-hybridized carbons (Fsp3) is 0.286. The SMILES string of the molecule is Cc1nc(CNc2c(F)cncc2Cl)ccc1C(C)O. The van der Waals surface area contributed by atoms with Gasteiger partial charge >= 0.3 is 0 Å². The van der Waals surface area contributed by atoms with Crippen LogP contribution in [0.4, 0.5) is 10.1 Å². The molecular formula is C14H15ClFN3O. The maximum Gasteiger partial charge on any atom is 0.166 e. The molecule has 106 valence electrons. The molecule has 2 heterocycles. The van der Waals surface area contributed by atoms with Gasteiger partial charge in [-0.05, 0) is 19.9 Å². The number of nitrogens with one attached hydrogen (secondary N) is 1. The summed E-state index contributed by atoms with van der Waals surface area (Å²) in [6.07, 6.45) is 1.92. The summed E-state index contributed by atoms with van der Waals surface area (Å²) in [5.41, 5.74) is 2.47. The van der Waals surface area contributed by atoms with E-state index in [1.54, 1.807) is 13.0 Å². The van der Waals surface area contributed by atoms with Crippen molar-refractivity contribution in [2.24, 2.45) is 0 Å². The molecule has 2 aromatic heterocycles. The topological polar surface area (TPSA) is 58.0 Å². The van der Waals surface area contributed by atoms with E-state index in [1.165, 1.54) is 6.20 Å². The third-order valence-electron chi connectivity index (χ3n) is 2.93. The van der Waals surface area contributed by atoms with Gasteiger partial charge in [-0.3, -0.25) is 9.97 Å². The van der Waals surface area contributed by atoms with E-state index >= 15 is 0 Å². The average Bonchev–Trinajstić information content (AvgIpc) is 2.37. The number of aromatic nitrogens is 2. The molecule has 2 rings (SSSR count). The summed E-state index contributed by atoms with van der Waals surface area (Å²) in [5.74, 6) is -0.505. The highest BCUT2D eigenvalue weighted by Gasteiger charge is 2.09. The highest BCUT2D eigenvalue weighted by Crippen LogP contribution is 2.24. The van der Waals surface area contributed by atoms with Crippen LogP contribution in [-0.2, 0) is 6.54 Å². The average molecular weight is 296 g/mol. The van der Waals surface area contributed by atoms with Gasteiger partial charge < -0.3 is 10.4 Å². The molecule has 1 unspecified atom stereocenters. The molecule has 20 heavy (non-hydrogen) atoms. The van der Waals surface area contributed by atoms with Crippen molar-refractivity contribution in [3.05, 3.63) is 52.3 Å². The molecule has 4 nitrogen and oxygen atoms in total. The van der Waals surface area contributed by atoms with E-state index in [0.29, 0.717) is 6.54 Å². The Kier molecular flexibility index (Phi) is 4.52. The van der Waals surface area contributed by atoms with Crippen molar-refractivity contribution in [2.75, 3.05) is 5.32 Å². The van der Waals surface area contributed by atoms with Crippen molar-refractivity contribution in [1.82, 2.24) is 9.97 Å². The van der Waals surface area contributed by atoms with Crippen LogP contribution < -0.4 is 5.32 Å². The number of pyridine rings is 2. The Balaban J connectivity index is 2.14. The molecular weight excluding hydrogens is 281 g/mol. The predicted octanol–water partition coefficient (Wildman–Crippen LogP) is 3.24. The first-order valence-corrected chi connectivity index (χ1v) is 6.54. The fourth-order valence-corrected chi connectivity index (χ4v) is 2.14. The number of aryl methyl sites for hydroxylation is 1. The van der Waals surface area contributed by atoms with Crippen LogP contribution in [-0.4, -0.2) is 15.1 Å². The molecule has 6 heteroatoms. The van der Waals surface area contributed by atoms with E-state index in [9.17, 15) is 9.50 Å². The monoisotopic (exact) mass is 295 g/mol. The first kappa shape index (κ1) is 14.7. The second kappa shape index (κ2) is 6.15. The van der Waals surface area contributed by atoms with Crippen LogP contribution in [0.2, 0.25) is 5.02 Å². The normalized spacial score (nSPS) is 12.2. The van der Waals surface area contributed by atoms with Crippen molar-refractivity contribution in [1.29, 1.82) is 0 Å². The molecule has 0 saturated heterocycles. The first-order valence-electron chi connectivity index (χ1n) is 6.16. The summed E-state index contributed by atoms with van der Waals surface area (Å²) in [5, 5.41) is 12.7. The van der Waals surface area contributed by atoms with Crippen LogP contribution in [0.25, 0.3) is 0 Å². The zero-order chi connectivity index (χ0) is 14.7. The summed E-state index contributed by atoms with van der Waals surface area (Å²) >= 11 is 5.88. The summed E-state index contributed by atoms with van der Waals surface area (Å²) in [6, 6.07) is 3.60.